The maximum absolute atomic E-state index is 14.3. The molecule has 0 spiro atoms. The molecule has 0 atom stereocenters. The Balaban J connectivity index is 1.67. The smallest absolute Gasteiger partial charge is 0.406 e. The normalized spacial score (nSPS) is 13.9. The van der Waals surface area contributed by atoms with Gasteiger partial charge in [0.15, 0.2) is 17.3 Å². The van der Waals surface area contributed by atoms with Crippen molar-refractivity contribution in [3.05, 3.63) is 76.3 Å². The van der Waals surface area contributed by atoms with Crippen LogP contribution in [-0.4, -0.2) is 31.5 Å². The Kier molecular flexibility index (Phi) is 5.22. The van der Waals surface area contributed by atoms with E-state index in [0.717, 1.165) is 40.2 Å². The van der Waals surface area contributed by atoms with Crippen molar-refractivity contribution in [3.8, 4) is 11.4 Å². The largest absolute Gasteiger partial charge is 0.573 e. The minimum Gasteiger partial charge on any atom is -0.406 e. The van der Waals surface area contributed by atoms with Gasteiger partial charge in [0.25, 0.3) is 0 Å². The molecule has 2 aromatic carbocycles. The number of alkyl halides is 3. The Morgan fingerprint density at radius 2 is 1.88 bits per heavy atom. The predicted molar refractivity (Wildman–Crippen MR) is 112 cm³/mol. The van der Waals surface area contributed by atoms with E-state index in [0.29, 0.717) is 0 Å². The molecule has 2 heterocycles. The van der Waals surface area contributed by atoms with Crippen molar-refractivity contribution in [2.24, 2.45) is 0 Å². The van der Waals surface area contributed by atoms with E-state index >= 15 is 0 Å². The molecular weight excluding hydrogens is 461 g/mol. The summed E-state index contributed by atoms with van der Waals surface area (Å²) < 4.78 is 72.4. The molecule has 2 aromatic heterocycles. The molecule has 0 aliphatic heterocycles. The number of benzene rings is 2. The second-order valence-electron chi connectivity index (χ2n) is 7.78. The lowest BCUT2D eigenvalue weighted by Gasteiger charge is -2.10. The number of imidazole rings is 1. The summed E-state index contributed by atoms with van der Waals surface area (Å²) in [6, 6.07) is 8.63. The second-order valence-corrected chi connectivity index (χ2v) is 7.78. The van der Waals surface area contributed by atoms with E-state index in [1.807, 2.05) is 0 Å². The number of hydrogen-bond acceptors (Lipinski definition) is 5. The van der Waals surface area contributed by atoms with Gasteiger partial charge in [0.05, 0.1) is 18.4 Å². The maximum atomic E-state index is 14.3. The van der Waals surface area contributed by atoms with Crippen LogP contribution in [0.25, 0.3) is 16.9 Å². The van der Waals surface area contributed by atoms with Crippen molar-refractivity contribution in [1.82, 2.24) is 19.1 Å². The summed E-state index contributed by atoms with van der Waals surface area (Å²) >= 11 is 0. The highest BCUT2D eigenvalue weighted by molar-refractivity contribution is 5.74. The zero-order valence-corrected chi connectivity index (χ0v) is 17.3. The molecule has 4 aromatic rings. The van der Waals surface area contributed by atoms with E-state index < -0.39 is 29.4 Å². The maximum Gasteiger partial charge on any atom is 0.573 e. The summed E-state index contributed by atoms with van der Waals surface area (Å²) in [5.41, 5.74) is -0.483. The van der Waals surface area contributed by atoms with Gasteiger partial charge in [-0.1, -0.05) is 18.2 Å². The lowest BCUT2D eigenvalue weighted by Crippen LogP contribution is -2.24. The lowest BCUT2D eigenvalue weighted by atomic mass is 10.2. The molecule has 176 valence electrons. The molecule has 1 aliphatic carbocycles. The van der Waals surface area contributed by atoms with Crippen molar-refractivity contribution < 1.29 is 26.7 Å². The summed E-state index contributed by atoms with van der Waals surface area (Å²) in [6.45, 7) is -0.344. The number of anilines is 1. The van der Waals surface area contributed by atoms with Gasteiger partial charge in [-0.2, -0.15) is 4.98 Å². The van der Waals surface area contributed by atoms with E-state index in [1.165, 1.54) is 30.5 Å². The Labute approximate surface area is 188 Å². The number of ether oxygens (including phenoxy) is 1. The fourth-order valence-electron chi connectivity index (χ4n) is 3.56. The van der Waals surface area contributed by atoms with E-state index in [-0.39, 0.29) is 40.9 Å². The zero-order valence-electron chi connectivity index (χ0n) is 17.3. The summed E-state index contributed by atoms with van der Waals surface area (Å²) in [5, 5.41) is 3.09. The van der Waals surface area contributed by atoms with Crippen LogP contribution in [0.2, 0.25) is 0 Å². The number of fused-ring (bicyclic) bond motifs is 1. The molecule has 1 saturated carbocycles. The number of nitrogens with one attached hydrogen (secondary N) is 1. The van der Waals surface area contributed by atoms with Crippen molar-refractivity contribution in [1.29, 1.82) is 0 Å². The van der Waals surface area contributed by atoms with Crippen molar-refractivity contribution in [3.63, 3.8) is 0 Å². The average Bonchev–Trinajstić information content (AvgIpc) is 3.54. The minimum atomic E-state index is -4.92. The predicted octanol–water partition coefficient (Wildman–Crippen LogP) is 4.38. The molecule has 0 unspecified atom stereocenters. The second kappa shape index (κ2) is 8.12. The third kappa shape index (κ3) is 4.30. The quantitative estimate of drug-likeness (QED) is 0.418. The molecule has 34 heavy (non-hydrogen) atoms. The topological polar surface area (TPSA) is 74.0 Å². The Morgan fingerprint density at radius 1 is 1.12 bits per heavy atom. The molecule has 0 saturated heterocycles. The van der Waals surface area contributed by atoms with Crippen molar-refractivity contribution in [2.75, 3.05) is 5.32 Å². The fraction of sp³-hybridized carbons (Fsp3) is 0.227. The summed E-state index contributed by atoms with van der Waals surface area (Å²) in [4.78, 5) is 22.0. The van der Waals surface area contributed by atoms with Crippen LogP contribution in [0.15, 0.2) is 53.5 Å². The van der Waals surface area contributed by atoms with Crippen LogP contribution < -0.4 is 15.7 Å². The highest BCUT2D eigenvalue weighted by atomic mass is 19.4. The molecule has 0 amide bonds. The van der Waals surface area contributed by atoms with Crippen LogP contribution in [-0.2, 0) is 6.54 Å². The number of halogens is 5. The molecule has 7 nitrogen and oxygen atoms in total. The van der Waals surface area contributed by atoms with E-state index in [9.17, 15) is 26.7 Å². The van der Waals surface area contributed by atoms with Crippen LogP contribution in [0.3, 0.4) is 0 Å². The van der Waals surface area contributed by atoms with Crippen LogP contribution in [0.4, 0.5) is 27.9 Å². The third-order valence-corrected chi connectivity index (χ3v) is 5.25. The number of aromatic nitrogens is 4. The Bertz CT molecular complexity index is 1440. The number of rotatable bonds is 6. The molecule has 1 aliphatic rings. The van der Waals surface area contributed by atoms with Crippen LogP contribution in [0, 0.1) is 11.6 Å². The minimum absolute atomic E-state index is 0.0475. The Morgan fingerprint density at radius 3 is 2.62 bits per heavy atom. The molecule has 5 rings (SSSR count). The van der Waals surface area contributed by atoms with Gasteiger partial charge in [0, 0.05) is 17.7 Å². The Hall–Kier alpha value is -3.96. The zero-order chi connectivity index (χ0) is 24.0. The SMILES string of the molecule is O=c1n(Cc2cccc(F)c2F)c2cnc(NC3CC3)nc2n1-c1cccc(OC(F)(F)F)c1. The highest BCUT2D eigenvalue weighted by Gasteiger charge is 2.31. The first-order valence-corrected chi connectivity index (χ1v) is 10.2. The first-order valence-electron chi connectivity index (χ1n) is 10.2. The number of hydrogen-bond donors (Lipinski definition) is 1. The van der Waals surface area contributed by atoms with E-state index in [2.05, 4.69) is 20.0 Å². The molecule has 1 fully saturated rings. The molecule has 0 bridgehead atoms. The van der Waals surface area contributed by atoms with Crippen LogP contribution >= 0.6 is 0 Å². The van der Waals surface area contributed by atoms with Gasteiger partial charge in [-0.3, -0.25) is 4.57 Å². The standard InChI is InChI=1S/C22H16F5N5O2/c23-16-6-1-3-12(18(16)24)11-31-17-10-28-20(29-13-7-8-13)30-19(17)32(21(31)33)14-4-2-5-15(9-14)34-22(25,26)27/h1-6,9-10,13H,7-8,11H2,(H,28,29,30). The van der Waals surface area contributed by atoms with Crippen molar-refractivity contribution >= 4 is 17.1 Å². The van der Waals surface area contributed by atoms with Gasteiger partial charge in [0.1, 0.15) is 11.3 Å². The van der Waals surface area contributed by atoms with E-state index in [4.69, 9.17) is 0 Å². The van der Waals surface area contributed by atoms with Crippen LogP contribution in [0.5, 0.6) is 5.75 Å². The fourth-order valence-corrected chi connectivity index (χ4v) is 3.56. The monoisotopic (exact) mass is 477 g/mol. The summed E-state index contributed by atoms with van der Waals surface area (Å²) in [6.07, 6.45) is -1.69. The third-order valence-electron chi connectivity index (χ3n) is 5.25. The molecule has 0 radical (unpaired) electrons. The van der Waals surface area contributed by atoms with Gasteiger partial charge in [-0.25, -0.2) is 23.1 Å². The van der Waals surface area contributed by atoms with Gasteiger partial charge in [-0.05, 0) is 31.0 Å². The van der Waals surface area contributed by atoms with Gasteiger partial charge < -0.3 is 10.1 Å². The first kappa shape index (κ1) is 21.9. The average molecular weight is 477 g/mol. The molecule has 1 N–H and O–H groups in total. The van der Waals surface area contributed by atoms with Gasteiger partial charge >= 0.3 is 12.1 Å². The molecular formula is C22H16F5N5O2. The van der Waals surface area contributed by atoms with E-state index in [1.54, 1.807) is 0 Å². The first-order chi connectivity index (χ1) is 16.2. The van der Waals surface area contributed by atoms with Gasteiger partial charge in [0.2, 0.25) is 5.95 Å². The summed E-state index contributed by atoms with van der Waals surface area (Å²) in [5.74, 6) is -2.47. The molecule has 12 heteroatoms. The van der Waals surface area contributed by atoms with Crippen molar-refractivity contribution in [2.45, 2.75) is 31.8 Å². The highest BCUT2D eigenvalue weighted by Crippen LogP contribution is 2.27. The lowest BCUT2D eigenvalue weighted by molar-refractivity contribution is -0.274. The van der Waals surface area contributed by atoms with Gasteiger partial charge in [-0.15, -0.1) is 13.2 Å². The summed E-state index contributed by atoms with van der Waals surface area (Å²) in [7, 11) is 0. The van der Waals surface area contributed by atoms with Crippen LogP contribution in [0.1, 0.15) is 18.4 Å². The number of nitrogens with zero attached hydrogens (tertiary/aromatic N) is 4.